The lowest BCUT2D eigenvalue weighted by Gasteiger charge is -2.17. The third-order valence-electron chi connectivity index (χ3n) is 4.16. The summed E-state index contributed by atoms with van der Waals surface area (Å²) in [4.78, 5) is 37.0. The van der Waals surface area contributed by atoms with E-state index in [4.69, 9.17) is 0 Å². The van der Waals surface area contributed by atoms with Gasteiger partial charge in [-0.15, -0.1) is 0 Å². The van der Waals surface area contributed by atoms with Crippen LogP contribution in [0.2, 0.25) is 0 Å². The predicted molar refractivity (Wildman–Crippen MR) is 89.0 cm³/mol. The molecule has 0 aromatic heterocycles. The number of ether oxygens (including phenoxy) is 1. The van der Waals surface area contributed by atoms with Crippen molar-refractivity contribution < 1.29 is 19.1 Å². The van der Waals surface area contributed by atoms with E-state index in [-0.39, 0.29) is 36.5 Å². The maximum atomic E-state index is 12.1. The molecule has 1 unspecified atom stereocenters. The van der Waals surface area contributed by atoms with Crippen LogP contribution >= 0.6 is 0 Å². The molecule has 1 saturated heterocycles. The van der Waals surface area contributed by atoms with Crippen molar-refractivity contribution in [1.29, 1.82) is 0 Å². The summed E-state index contributed by atoms with van der Waals surface area (Å²) in [6.07, 6.45) is 1.06. The number of carbonyl (C=O) groups is 3. The maximum absolute atomic E-state index is 12.1. The van der Waals surface area contributed by atoms with E-state index in [9.17, 15) is 14.4 Å². The zero-order chi connectivity index (χ0) is 17.5. The smallest absolute Gasteiger partial charge is 0.305 e. The fourth-order valence-corrected chi connectivity index (χ4v) is 2.71. The first-order chi connectivity index (χ1) is 11.5. The van der Waals surface area contributed by atoms with Gasteiger partial charge in [-0.2, -0.15) is 0 Å². The van der Waals surface area contributed by atoms with Crippen molar-refractivity contribution >= 4 is 17.8 Å². The second-order valence-electron chi connectivity index (χ2n) is 6.13. The molecule has 1 aromatic rings. The monoisotopic (exact) mass is 332 g/mol. The Kier molecular flexibility index (Phi) is 6.35. The molecule has 6 heteroatoms. The molecule has 0 bridgehead atoms. The predicted octanol–water partition coefficient (Wildman–Crippen LogP) is 1.41. The van der Waals surface area contributed by atoms with Gasteiger partial charge in [-0.05, 0) is 18.9 Å². The third kappa shape index (κ3) is 5.08. The van der Waals surface area contributed by atoms with Crippen molar-refractivity contribution in [3.63, 3.8) is 0 Å². The van der Waals surface area contributed by atoms with E-state index in [2.05, 4.69) is 10.1 Å². The van der Waals surface area contributed by atoms with E-state index in [1.165, 1.54) is 12.7 Å². The van der Waals surface area contributed by atoms with Gasteiger partial charge in [0, 0.05) is 32.5 Å². The summed E-state index contributed by atoms with van der Waals surface area (Å²) in [5.41, 5.74) is 2.24. The van der Waals surface area contributed by atoms with E-state index in [0.29, 0.717) is 26.1 Å². The molecule has 1 aliphatic heterocycles. The Labute approximate surface area is 142 Å². The van der Waals surface area contributed by atoms with Gasteiger partial charge in [0.1, 0.15) is 0 Å². The molecule has 0 spiro atoms. The van der Waals surface area contributed by atoms with Crippen molar-refractivity contribution in [1.82, 2.24) is 10.2 Å². The Balaban J connectivity index is 1.77. The van der Waals surface area contributed by atoms with E-state index in [1.54, 1.807) is 4.90 Å². The zero-order valence-corrected chi connectivity index (χ0v) is 14.2. The second kappa shape index (κ2) is 8.47. The van der Waals surface area contributed by atoms with Crippen molar-refractivity contribution in [2.24, 2.45) is 5.92 Å². The highest BCUT2D eigenvalue weighted by Gasteiger charge is 2.33. The van der Waals surface area contributed by atoms with Crippen LogP contribution in [0.25, 0.3) is 0 Å². The highest BCUT2D eigenvalue weighted by molar-refractivity contribution is 5.89. The number of hydrogen-bond acceptors (Lipinski definition) is 4. The molecule has 2 amide bonds. The average molecular weight is 332 g/mol. The largest absolute Gasteiger partial charge is 0.469 e. The van der Waals surface area contributed by atoms with Crippen molar-refractivity contribution in [2.75, 3.05) is 20.2 Å². The van der Waals surface area contributed by atoms with Crippen molar-refractivity contribution in [3.05, 3.63) is 35.4 Å². The fraction of sp³-hybridized carbons (Fsp3) is 0.500. The Morgan fingerprint density at radius 1 is 1.29 bits per heavy atom. The Hall–Kier alpha value is -2.37. The summed E-state index contributed by atoms with van der Waals surface area (Å²) in [5, 5.41) is 2.79. The standard InChI is InChI=1S/C18H24N2O4/c1-13-5-7-14(8-6-13)11-20-12-15(10-16(20)21)18(23)19-9-3-4-17(22)24-2/h5-8,15H,3-4,9-12H2,1-2H3,(H,19,23). The normalized spacial score (nSPS) is 17.0. The summed E-state index contributed by atoms with van der Waals surface area (Å²) in [5.74, 6) is -0.726. The number of esters is 1. The van der Waals surface area contributed by atoms with Gasteiger partial charge in [-0.3, -0.25) is 14.4 Å². The molecule has 2 rings (SSSR count). The minimum atomic E-state index is -0.318. The Morgan fingerprint density at radius 2 is 2.00 bits per heavy atom. The lowest BCUT2D eigenvalue weighted by molar-refractivity contribution is -0.140. The number of amides is 2. The number of rotatable bonds is 7. The number of nitrogens with one attached hydrogen (secondary N) is 1. The van der Waals surface area contributed by atoms with Crippen LogP contribution in [-0.2, 0) is 25.7 Å². The first-order valence-corrected chi connectivity index (χ1v) is 8.17. The van der Waals surface area contributed by atoms with Crippen LogP contribution in [0.3, 0.4) is 0 Å². The van der Waals surface area contributed by atoms with E-state index in [0.717, 1.165) is 5.56 Å². The van der Waals surface area contributed by atoms with Gasteiger partial charge in [0.05, 0.1) is 13.0 Å². The van der Waals surface area contributed by atoms with Gasteiger partial charge in [0.2, 0.25) is 11.8 Å². The molecule has 1 atom stereocenters. The maximum Gasteiger partial charge on any atom is 0.305 e. The number of likely N-dealkylation sites (tertiary alicyclic amines) is 1. The first-order valence-electron chi connectivity index (χ1n) is 8.17. The van der Waals surface area contributed by atoms with Crippen LogP contribution in [0.1, 0.15) is 30.4 Å². The lowest BCUT2D eigenvalue weighted by atomic mass is 10.1. The Morgan fingerprint density at radius 3 is 2.67 bits per heavy atom. The van der Waals surface area contributed by atoms with Crippen LogP contribution < -0.4 is 5.32 Å². The molecule has 6 nitrogen and oxygen atoms in total. The number of hydrogen-bond donors (Lipinski definition) is 1. The van der Waals surface area contributed by atoms with E-state index in [1.807, 2.05) is 31.2 Å². The van der Waals surface area contributed by atoms with Crippen LogP contribution in [0.4, 0.5) is 0 Å². The SMILES string of the molecule is COC(=O)CCCNC(=O)C1CC(=O)N(Cc2ccc(C)cc2)C1. The quantitative estimate of drug-likeness (QED) is 0.605. The summed E-state index contributed by atoms with van der Waals surface area (Å²) < 4.78 is 4.55. The number of methoxy groups -OCH3 is 1. The second-order valence-corrected chi connectivity index (χ2v) is 6.13. The molecule has 0 radical (unpaired) electrons. The highest BCUT2D eigenvalue weighted by Crippen LogP contribution is 2.20. The summed E-state index contributed by atoms with van der Waals surface area (Å²) in [6, 6.07) is 8.04. The molecule has 1 heterocycles. The van der Waals surface area contributed by atoms with Crippen LogP contribution in [0, 0.1) is 12.8 Å². The zero-order valence-electron chi connectivity index (χ0n) is 14.2. The van der Waals surface area contributed by atoms with Crippen LogP contribution in [-0.4, -0.2) is 42.9 Å². The van der Waals surface area contributed by atoms with E-state index < -0.39 is 0 Å². The van der Waals surface area contributed by atoms with Crippen molar-refractivity contribution in [2.45, 2.75) is 32.7 Å². The van der Waals surface area contributed by atoms with Crippen LogP contribution in [0.15, 0.2) is 24.3 Å². The molecule has 1 aliphatic rings. The number of nitrogens with zero attached hydrogens (tertiary/aromatic N) is 1. The molecular formula is C18H24N2O4. The fourth-order valence-electron chi connectivity index (χ4n) is 2.71. The van der Waals surface area contributed by atoms with Crippen LogP contribution in [0.5, 0.6) is 0 Å². The molecule has 0 saturated carbocycles. The molecular weight excluding hydrogens is 308 g/mol. The molecule has 24 heavy (non-hydrogen) atoms. The van der Waals surface area contributed by atoms with Gasteiger partial charge in [-0.25, -0.2) is 0 Å². The molecule has 130 valence electrons. The van der Waals surface area contributed by atoms with Gasteiger partial charge in [0.15, 0.2) is 0 Å². The number of benzene rings is 1. The highest BCUT2D eigenvalue weighted by atomic mass is 16.5. The minimum Gasteiger partial charge on any atom is -0.469 e. The first kappa shape index (κ1) is 18.0. The van der Waals surface area contributed by atoms with Gasteiger partial charge < -0.3 is 15.0 Å². The van der Waals surface area contributed by atoms with Gasteiger partial charge in [0.25, 0.3) is 0 Å². The average Bonchev–Trinajstić information content (AvgIpc) is 2.94. The summed E-state index contributed by atoms with van der Waals surface area (Å²) in [6.45, 7) is 3.41. The molecule has 1 N–H and O–H groups in total. The minimum absolute atomic E-state index is 0.00489. The molecule has 1 fully saturated rings. The molecule has 0 aliphatic carbocycles. The van der Waals surface area contributed by atoms with E-state index >= 15 is 0 Å². The number of aryl methyl sites for hydroxylation is 1. The lowest BCUT2D eigenvalue weighted by Crippen LogP contribution is -2.33. The third-order valence-corrected chi connectivity index (χ3v) is 4.16. The summed E-state index contributed by atoms with van der Waals surface area (Å²) >= 11 is 0. The molecule has 1 aromatic carbocycles. The topological polar surface area (TPSA) is 75.7 Å². The number of carbonyl (C=O) groups excluding carboxylic acids is 3. The van der Waals surface area contributed by atoms with Gasteiger partial charge >= 0.3 is 5.97 Å². The van der Waals surface area contributed by atoms with Crippen molar-refractivity contribution in [3.8, 4) is 0 Å². The Bertz CT molecular complexity index is 598. The van der Waals surface area contributed by atoms with Gasteiger partial charge in [-0.1, -0.05) is 29.8 Å². The summed E-state index contributed by atoms with van der Waals surface area (Å²) in [7, 11) is 1.34.